The highest BCUT2D eigenvalue weighted by molar-refractivity contribution is 7.89. The molecule has 5 nitrogen and oxygen atoms in total. The number of nitrogens with zero attached hydrogens (tertiary/aromatic N) is 2. The molecule has 1 amide bonds. The molecule has 2 fully saturated rings. The molecular formula is C17H23FN2O3S. The van der Waals surface area contributed by atoms with Crippen LogP contribution in [0.25, 0.3) is 0 Å². The fraction of sp³-hybridized carbons (Fsp3) is 0.588. The number of alkyl halides is 1. The number of hydrogen-bond donors (Lipinski definition) is 0. The van der Waals surface area contributed by atoms with Crippen LogP contribution in [0.4, 0.5) is 4.39 Å². The standard InChI is InChI=1S/C17H23FN2O3S/c1-13-6-5-7-15(10-13)24(22,23)20-12-14(18)11-16(20)17(21)19-8-3-2-4-9-19/h5-7,10,14,16H,2-4,8-9,11-12H2,1H3/t14-,16-/m0/s1. The molecule has 2 heterocycles. The summed E-state index contributed by atoms with van der Waals surface area (Å²) >= 11 is 0. The summed E-state index contributed by atoms with van der Waals surface area (Å²) in [7, 11) is -3.88. The number of sulfonamides is 1. The second-order valence-electron chi connectivity index (χ2n) is 6.63. The van der Waals surface area contributed by atoms with Crippen LogP contribution in [-0.2, 0) is 14.8 Å². The molecule has 0 bridgehead atoms. The molecule has 0 aliphatic carbocycles. The number of aryl methyl sites for hydroxylation is 1. The molecule has 1 aromatic carbocycles. The van der Waals surface area contributed by atoms with E-state index in [0.29, 0.717) is 13.1 Å². The number of hydrogen-bond acceptors (Lipinski definition) is 3. The van der Waals surface area contributed by atoms with Crippen molar-refractivity contribution in [3.8, 4) is 0 Å². The van der Waals surface area contributed by atoms with Crippen LogP contribution >= 0.6 is 0 Å². The maximum atomic E-state index is 14.0. The zero-order chi connectivity index (χ0) is 17.3. The maximum Gasteiger partial charge on any atom is 0.243 e. The summed E-state index contributed by atoms with van der Waals surface area (Å²) < 4.78 is 40.9. The molecule has 7 heteroatoms. The van der Waals surface area contributed by atoms with E-state index in [4.69, 9.17) is 0 Å². The maximum absolute atomic E-state index is 14.0. The Balaban J connectivity index is 1.88. The zero-order valence-corrected chi connectivity index (χ0v) is 14.6. The van der Waals surface area contributed by atoms with E-state index in [1.165, 1.54) is 6.07 Å². The van der Waals surface area contributed by atoms with E-state index in [0.717, 1.165) is 29.1 Å². The minimum absolute atomic E-state index is 0.0552. The van der Waals surface area contributed by atoms with Gasteiger partial charge in [-0.3, -0.25) is 4.79 Å². The zero-order valence-electron chi connectivity index (χ0n) is 13.8. The molecule has 1 aromatic rings. The number of amides is 1. The van der Waals surface area contributed by atoms with Crippen LogP contribution in [0.5, 0.6) is 0 Å². The predicted octanol–water partition coefficient (Wildman–Crippen LogP) is 2.11. The Morgan fingerprint density at radius 3 is 2.58 bits per heavy atom. The van der Waals surface area contributed by atoms with Gasteiger partial charge in [0.1, 0.15) is 12.2 Å². The first-order chi connectivity index (χ1) is 11.4. The van der Waals surface area contributed by atoms with Gasteiger partial charge in [-0.25, -0.2) is 12.8 Å². The number of piperidine rings is 1. The van der Waals surface area contributed by atoms with Crippen molar-refractivity contribution in [1.29, 1.82) is 0 Å². The fourth-order valence-electron chi connectivity index (χ4n) is 3.48. The van der Waals surface area contributed by atoms with E-state index in [1.54, 1.807) is 30.0 Å². The van der Waals surface area contributed by atoms with Gasteiger partial charge in [-0.2, -0.15) is 4.31 Å². The third-order valence-corrected chi connectivity index (χ3v) is 6.62. The van der Waals surface area contributed by atoms with Gasteiger partial charge in [0.05, 0.1) is 4.90 Å². The summed E-state index contributed by atoms with van der Waals surface area (Å²) in [5.41, 5.74) is 0.811. The number of carbonyl (C=O) groups excluding carboxylic acids is 1. The summed E-state index contributed by atoms with van der Waals surface area (Å²) in [5, 5.41) is 0. The molecule has 2 saturated heterocycles. The number of halogens is 1. The summed E-state index contributed by atoms with van der Waals surface area (Å²) in [6.07, 6.45) is 1.55. The normalized spacial score (nSPS) is 25.8. The van der Waals surface area contributed by atoms with Crippen LogP contribution in [-0.4, -0.2) is 55.4 Å². The lowest BCUT2D eigenvalue weighted by Gasteiger charge is -2.32. The summed E-state index contributed by atoms with van der Waals surface area (Å²) in [4.78, 5) is 14.6. The van der Waals surface area contributed by atoms with Crippen molar-refractivity contribution in [2.75, 3.05) is 19.6 Å². The summed E-state index contributed by atoms with van der Waals surface area (Å²) in [6, 6.07) is 5.59. The van der Waals surface area contributed by atoms with Gasteiger partial charge < -0.3 is 4.90 Å². The lowest BCUT2D eigenvalue weighted by Crippen LogP contribution is -2.49. The topological polar surface area (TPSA) is 57.7 Å². The van der Waals surface area contributed by atoms with Crippen LogP contribution in [0.15, 0.2) is 29.2 Å². The Labute approximate surface area is 142 Å². The van der Waals surface area contributed by atoms with E-state index in [2.05, 4.69) is 0 Å². The third-order valence-electron chi connectivity index (χ3n) is 4.75. The number of carbonyl (C=O) groups is 1. The molecule has 0 aromatic heterocycles. The number of benzene rings is 1. The van der Waals surface area contributed by atoms with E-state index in [9.17, 15) is 17.6 Å². The minimum atomic E-state index is -3.88. The monoisotopic (exact) mass is 354 g/mol. The summed E-state index contributed by atoms with van der Waals surface area (Å²) in [5.74, 6) is -0.258. The molecule has 0 unspecified atom stereocenters. The second-order valence-corrected chi connectivity index (χ2v) is 8.52. The molecule has 2 aliphatic rings. The van der Waals surface area contributed by atoms with Crippen molar-refractivity contribution < 1.29 is 17.6 Å². The third kappa shape index (κ3) is 3.32. The fourth-order valence-corrected chi connectivity index (χ4v) is 5.21. The van der Waals surface area contributed by atoms with Gasteiger partial charge >= 0.3 is 0 Å². The van der Waals surface area contributed by atoms with Crippen LogP contribution in [0.1, 0.15) is 31.2 Å². The molecule has 0 saturated carbocycles. The first kappa shape index (κ1) is 17.4. The quantitative estimate of drug-likeness (QED) is 0.835. The highest BCUT2D eigenvalue weighted by Gasteiger charge is 2.45. The average molecular weight is 354 g/mol. The minimum Gasteiger partial charge on any atom is -0.341 e. The van der Waals surface area contributed by atoms with Gasteiger partial charge in [0.2, 0.25) is 15.9 Å². The Kier molecular flexibility index (Phi) is 4.92. The molecule has 3 rings (SSSR count). The smallest absolute Gasteiger partial charge is 0.243 e. The molecule has 132 valence electrons. The largest absolute Gasteiger partial charge is 0.341 e. The van der Waals surface area contributed by atoms with E-state index in [1.807, 2.05) is 0 Å². The second kappa shape index (κ2) is 6.80. The first-order valence-electron chi connectivity index (χ1n) is 8.41. The van der Waals surface area contributed by atoms with Crippen LogP contribution < -0.4 is 0 Å². The van der Waals surface area contributed by atoms with Gasteiger partial charge in [0.15, 0.2) is 0 Å². The van der Waals surface area contributed by atoms with Crippen LogP contribution in [0.3, 0.4) is 0 Å². The number of likely N-dealkylation sites (tertiary alicyclic amines) is 1. The Bertz CT molecular complexity index is 716. The lowest BCUT2D eigenvalue weighted by atomic mass is 10.1. The van der Waals surface area contributed by atoms with Crippen molar-refractivity contribution in [3.63, 3.8) is 0 Å². The SMILES string of the molecule is Cc1cccc(S(=O)(=O)N2C[C@@H](F)C[C@H]2C(=O)N2CCCCC2)c1. The van der Waals surface area contributed by atoms with E-state index in [-0.39, 0.29) is 23.8 Å². The molecule has 0 spiro atoms. The van der Waals surface area contributed by atoms with Crippen molar-refractivity contribution in [2.24, 2.45) is 0 Å². The van der Waals surface area contributed by atoms with Gasteiger partial charge in [0.25, 0.3) is 0 Å². The molecular weight excluding hydrogens is 331 g/mol. The highest BCUT2D eigenvalue weighted by Crippen LogP contribution is 2.30. The molecule has 0 radical (unpaired) electrons. The molecule has 2 aliphatic heterocycles. The highest BCUT2D eigenvalue weighted by atomic mass is 32.2. The van der Waals surface area contributed by atoms with Gasteiger partial charge in [-0.15, -0.1) is 0 Å². The first-order valence-corrected chi connectivity index (χ1v) is 9.85. The lowest BCUT2D eigenvalue weighted by molar-refractivity contribution is -0.135. The van der Waals surface area contributed by atoms with Crippen molar-refractivity contribution in [2.45, 2.75) is 49.7 Å². The van der Waals surface area contributed by atoms with E-state index < -0.39 is 22.2 Å². The molecule has 2 atom stereocenters. The Morgan fingerprint density at radius 2 is 1.92 bits per heavy atom. The Morgan fingerprint density at radius 1 is 1.21 bits per heavy atom. The van der Waals surface area contributed by atoms with E-state index >= 15 is 0 Å². The average Bonchev–Trinajstić information content (AvgIpc) is 2.97. The van der Waals surface area contributed by atoms with Gasteiger partial charge in [-0.05, 0) is 43.9 Å². The summed E-state index contributed by atoms with van der Waals surface area (Å²) in [6.45, 7) is 2.81. The Hall–Kier alpha value is -1.47. The van der Waals surface area contributed by atoms with Gasteiger partial charge in [0, 0.05) is 26.1 Å². The molecule has 24 heavy (non-hydrogen) atoms. The predicted molar refractivity (Wildman–Crippen MR) is 88.8 cm³/mol. The van der Waals surface area contributed by atoms with Crippen LogP contribution in [0, 0.1) is 6.92 Å². The van der Waals surface area contributed by atoms with Gasteiger partial charge in [-0.1, -0.05) is 12.1 Å². The van der Waals surface area contributed by atoms with Crippen molar-refractivity contribution in [1.82, 2.24) is 9.21 Å². The van der Waals surface area contributed by atoms with Crippen LogP contribution in [0.2, 0.25) is 0 Å². The molecule has 0 N–H and O–H groups in total. The van der Waals surface area contributed by atoms with Crippen molar-refractivity contribution >= 4 is 15.9 Å². The van der Waals surface area contributed by atoms with Crippen molar-refractivity contribution in [3.05, 3.63) is 29.8 Å². The number of rotatable bonds is 3.